The van der Waals surface area contributed by atoms with Gasteiger partial charge in [0, 0.05) is 10.6 Å². The number of hydrogen-bond acceptors (Lipinski definition) is 3. The Labute approximate surface area is 103 Å². The van der Waals surface area contributed by atoms with E-state index < -0.39 is 17.8 Å². The Morgan fingerprint density at radius 2 is 2.24 bits per heavy atom. The number of esters is 1. The molecule has 0 aliphatic rings. The summed E-state index contributed by atoms with van der Waals surface area (Å²) < 4.78 is 4.64. The van der Waals surface area contributed by atoms with Crippen LogP contribution in [0.25, 0.3) is 5.53 Å². The molecule has 0 radical (unpaired) electrons. The molecule has 0 spiro atoms. The van der Waals surface area contributed by atoms with E-state index in [1.807, 2.05) is 0 Å². The summed E-state index contributed by atoms with van der Waals surface area (Å²) in [6.45, 7) is 1.72. The van der Waals surface area contributed by atoms with E-state index in [0.717, 1.165) is 0 Å². The molecule has 0 aliphatic carbocycles. The number of nitrogens with zero attached hydrogens (tertiary/aromatic N) is 2. The molecule has 0 aliphatic heterocycles. The number of carbonyl (C=O) groups excluding carboxylic acids is 1. The largest absolute Gasteiger partial charge is 0.457 e. The van der Waals surface area contributed by atoms with Gasteiger partial charge in [-0.05, 0) is 13.0 Å². The van der Waals surface area contributed by atoms with Gasteiger partial charge < -0.3 is 15.4 Å². The number of aliphatic hydroxyl groups is 1. The monoisotopic (exact) mass is 254 g/mol. The lowest BCUT2D eigenvalue weighted by atomic mass is 10.1. The minimum Gasteiger partial charge on any atom is -0.457 e. The molecule has 1 aromatic carbocycles. The third-order valence-corrected chi connectivity index (χ3v) is 2.40. The minimum absolute atomic E-state index is 0.118. The van der Waals surface area contributed by atoms with Gasteiger partial charge in [-0.25, -0.2) is 4.79 Å². The van der Waals surface area contributed by atoms with Gasteiger partial charge in [-0.1, -0.05) is 29.8 Å². The Hall–Kier alpha value is -1.68. The lowest BCUT2D eigenvalue weighted by molar-refractivity contribution is -0.141. The van der Waals surface area contributed by atoms with Gasteiger partial charge >= 0.3 is 11.7 Å². The molecular weight excluding hydrogens is 244 g/mol. The van der Waals surface area contributed by atoms with Crippen LogP contribution < -0.4 is 0 Å². The molecule has 0 unspecified atom stereocenters. The number of halogens is 1. The summed E-state index contributed by atoms with van der Waals surface area (Å²) in [5.41, 5.74) is 8.50. The van der Waals surface area contributed by atoms with Gasteiger partial charge in [0.1, 0.15) is 0 Å². The SMILES string of the molecule is CCOC(=O)C(=[N+]=[N-])[C@@H](O)c1ccccc1Cl. The molecule has 0 heterocycles. The Morgan fingerprint density at radius 3 is 2.76 bits per heavy atom. The average molecular weight is 255 g/mol. The predicted octanol–water partition coefficient (Wildman–Crippen LogP) is 1.61. The maximum atomic E-state index is 11.4. The first-order valence-electron chi connectivity index (χ1n) is 4.93. The summed E-state index contributed by atoms with van der Waals surface area (Å²) >= 11 is 5.85. The molecule has 6 heteroatoms. The van der Waals surface area contributed by atoms with Crippen molar-refractivity contribution in [2.75, 3.05) is 6.61 Å². The number of hydrogen-bond donors (Lipinski definition) is 1. The zero-order valence-corrected chi connectivity index (χ0v) is 9.89. The third-order valence-electron chi connectivity index (χ3n) is 2.05. The molecule has 1 N–H and O–H groups in total. The van der Waals surface area contributed by atoms with Crippen LogP contribution in [0.3, 0.4) is 0 Å². The van der Waals surface area contributed by atoms with Crippen molar-refractivity contribution < 1.29 is 19.4 Å². The van der Waals surface area contributed by atoms with Crippen LogP contribution in [-0.2, 0) is 9.53 Å². The number of ether oxygens (including phenoxy) is 1. The molecule has 0 bridgehead atoms. The van der Waals surface area contributed by atoms with E-state index in [0.29, 0.717) is 0 Å². The van der Waals surface area contributed by atoms with Gasteiger partial charge in [0.2, 0.25) is 0 Å². The molecule has 0 aromatic heterocycles. The second-order valence-electron chi connectivity index (χ2n) is 3.13. The normalized spacial score (nSPS) is 11.5. The first-order chi connectivity index (χ1) is 8.11. The van der Waals surface area contributed by atoms with Crippen LogP contribution in [0.4, 0.5) is 0 Å². The number of rotatable bonds is 4. The molecule has 0 saturated carbocycles. The van der Waals surface area contributed by atoms with E-state index in [-0.39, 0.29) is 17.2 Å². The van der Waals surface area contributed by atoms with E-state index in [9.17, 15) is 9.90 Å². The molecule has 1 atom stereocenters. The maximum absolute atomic E-state index is 11.4. The fraction of sp³-hybridized carbons (Fsp3) is 0.273. The van der Waals surface area contributed by atoms with Gasteiger partial charge in [-0.3, -0.25) is 0 Å². The predicted molar refractivity (Wildman–Crippen MR) is 61.7 cm³/mol. The average Bonchev–Trinajstić information content (AvgIpc) is 2.30. The number of benzene rings is 1. The lowest BCUT2D eigenvalue weighted by Crippen LogP contribution is -2.25. The molecule has 0 fully saturated rings. The molecule has 17 heavy (non-hydrogen) atoms. The van der Waals surface area contributed by atoms with Crippen molar-refractivity contribution in [1.29, 1.82) is 0 Å². The molecule has 1 aromatic rings. The van der Waals surface area contributed by atoms with Crippen molar-refractivity contribution in [1.82, 2.24) is 0 Å². The van der Waals surface area contributed by atoms with Crippen LogP contribution in [0.1, 0.15) is 18.6 Å². The topological polar surface area (TPSA) is 82.9 Å². The molecule has 0 saturated heterocycles. The Morgan fingerprint density at radius 1 is 1.59 bits per heavy atom. The van der Waals surface area contributed by atoms with Crippen LogP contribution in [0.15, 0.2) is 24.3 Å². The third kappa shape index (κ3) is 3.14. The van der Waals surface area contributed by atoms with Crippen molar-refractivity contribution in [2.24, 2.45) is 0 Å². The number of aliphatic hydroxyl groups excluding tert-OH is 1. The number of carbonyl (C=O) groups is 1. The quantitative estimate of drug-likeness (QED) is 0.383. The standard InChI is InChI=1S/C11H11ClN2O3/c1-2-17-11(16)9(14-13)10(15)7-5-3-4-6-8(7)12/h3-6,10,15H,2H2,1H3/t10-/m0/s1. The van der Waals surface area contributed by atoms with E-state index >= 15 is 0 Å². The highest BCUT2D eigenvalue weighted by Gasteiger charge is 2.33. The van der Waals surface area contributed by atoms with Crippen LogP contribution in [0.5, 0.6) is 0 Å². The van der Waals surface area contributed by atoms with Crippen molar-refractivity contribution in [3.05, 3.63) is 40.4 Å². The van der Waals surface area contributed by atoms with Crippen LogP contribution in [0.2, 0.25) is 5.02 Å². The van der Waals surface area contributed by atoms with Crippen molar-refractivity contribution >= 4 is 23.3 Å². The zero-order valence-electron chi connectivity index (χ0n) is 9.13. The van der Waals surface area contributed by atoms with Crippen molar-refractivity contribution in [3.8, 4) is 0 Å². The fourth-order valence-corrected chi connectivity index (χ4v) is 1.50. The molecule has 1 rings (SSSR count). The lowest BCUT2D eigenvalue weighted by Gasteiger charge is -2.07. The van der Waals surface area contributed by atoms with Crippen LogP contribution >= 0.6 is 11.6 Å². The Balaban J connectivity index is 3.03. The molecule has 0 amide bonds. The minimum atomic E-state index is -1.42. The van der Waals surface area contributed by atoms with Crippen LogP contribution in [-0.4, -0.2) is 28.2 Å². The summed E-state index contributed by atoms with van der Waals surface area (Å²) in [6.07, 6.45) is -1.42. The van der Waals surface area contributed by atoms with Gasteiger partial charge in [-0.2, -0.15) is 4.79 Å². The second kappa shape index (κ2) is 6.15. The van der Waals surface area contributed by atoms with Gasteiger partial charge in [0.25, 0.3) is 0 Å². The summed E-state index contributed by atoms with van der Waals surface area (Å²) in [6, 6.07) is 6.40. The van der Waals surface area contributed by atoms with Crippen molar-refractivity contribution in [2.45, 2.75) is 13.0 Å². The Bertz CT molecular complexity index is 470. The smallest absolute Gasteiger partial charge is 0.420 e. The molecule has 5 nitrogen and oxygen atoms in total. The maximum Gasteiger partial charge on any atom is 0.420 e. The van der Waals surface area contributed by atoms with Gasteiger partial charge in [-0.15, -0.1) is 0 Å². The summed E-state index contributed by atoms with van der Waals surface area (Å²) in [5.74, 6) is -0.887. The first-order valence-corrected chi connectivity index (χ1v) is 5.31. The van der Waals surface area contributed by atoms with Gasteiger partial charge in [0.15, 0.2) is 6.10 Å². The molecule has 90 valence electrons. The van der Waals surface area contributed by atoms with E-state index in [2.05, 4.69) is 9.53 Å². The first kappa shape index (κ1) is 13.4. The molecular formula is C11H11ClN2O3. The van der Waals surface area contributed by atoms with E-state index in [1.165, 1.54) is 6.07 Å². The van der Waals surface area contributed by atoms with Crippen LogP contribution in [0, 0.1) is 0 Å². The highest BCUT2D eigenvalue weighted by atomic mass is 35.5. The summed E-state index contributed by atoms with van der Waals surface area (Å²) in [4.78, 5) is 14.1. The fourth-order valence-electron chi connectivity index (χ4n) is 1.26. The highest BCUT2D eigenvalue weighted by Crippen LogP contribution is 2.23. The Kier molecular flexibility index (Phi) is 4.84. The van der Waals surface area contributed by atoms with E-state index in [1.54, 1.807) is 25.1 Å². The van der Waals surface area contributed by atoms with E-state index in [4.69, 9.17) is 17.1 Å². The summed E-state index contributed by atoms with van der Waals surface area (Å²) in [7, 11) is 0. The van der Waals surface area contributed by atoms with Crippen molar-refractivity contribution in [3.63, 3.8) is 0 Å². The second-order valence-corrected chi connectivity index (χ2v) is 3.54. The van der Waals surface area contributed by atoms with Gasteiger partial charge in [0.05, 0.1) is 6.61 Å². The highest BCUT2D eigenvalue weighted by molar-refractivity contribution is 6.37. The summed E-state index contributed by atoms with van der Waals surface area (Å²) in [5, 5.41) is 10.2. The zero-order chi connectivity index (χ0) is 12.8.